The van der Waals surface area contributed by atoms with Gasteiger partial charge < -0.3 is 21.8 Å². The topological polar surface area (TPSA) is 152 Å². The highest BCUT2D eigenvalue weighted by atomic mass is 16.6. The van der Waals surface area contributed by atoms with Gasteiger partial charge in [-0.25, -0.2) is 9.97 Å². The first-order valence-corrected chi connectivity index (χ1v) is 9.64. The van der Waals surface area contributed by atoms with E-state index in [2.05, 4.69) is 25.2 Å². The van der Waals surface area contributed by atoms with Crippen LogP contribution in [0.25, 0.3) is 11.0 Å². The van der Waals surface area contributed by atoms with Crippen molar-refractivity contribution in [3.8, 4) is 0 Å². The Morgan fingerprint density at radius 3 is 2.62 bits per heavy atom. The van der Waals surface area contributed by atoms with Crippen LogP contribution in [0.1, 0.15) is 37.8 Å². The number of nitrogens with two attached hydrogens (primary N) is 2. The van der Waals surface area contributed by atoms with Crippen molar-refractivity contribution in [2.24, 2.45) is 0 Å². The summed E-state index contributed by atoms with van der Waals surface area (Å²) in [5.74, 6) is 0.440. The van der Waals surface area contributed by atoms with Crippen LogP contribution in [0.3, 0.4) is 0 Å². The Morgan fingerprint density at radius 2 is 1.93 bits per heavy atom. The van der Waals surface area contributed by atoms with E-state index < -0.39 is 4.92 Å². The summed E-state index contributed by atoms with van der Waals surface area (Å²) >= 11 is 0. The molecule has 1 aromatic carbocycles. The van der Waals surface area contributed by atoms with Crippen LogP contribution >= 0.6 is 0 Å². The molecule has 1 unspecified atom stereocenters. The number of nitrogen functional groups attached to an aromatic ring is 2. The molecular formula is C19H24N8O2. The zero-order chi connectivity index (χ0) is 20.5. The summed E-state index contributed by atoms with van der Waals surface area (Å²) in [6.07, 6.45) is 3.28. The lowest BCUT2D eigenvalue weighted by Gasteiger charge is -2.33. The Labute approximate surface area is 167 Å². The Kier molecular flexibility index (Phi) is 4.93. The molecule has 1 saturated heterocycles. The third-order valence-electron chi connectivity index (χ3n) is 5.44. The Balaban J connectivity index is 1.78. The van der Waals surface area contributed by atoms with Crippen LogP contribution in [-0.2, 0) is 0 Å². The normalized spacial score (nSPS) is 16.0. The van der Waals surface area contributed by atoms with Gasteiger partial charge in [0.1, 0.15) is 5.82 Å². The highest BCUT2D eigenvalue weighted by molar-refractivity contribution is 5.82. The van der Waals surface area contributed by atoms with E-state index in [4.69, 9.17) is 11.5 Å². The van der Waals surface area contributed by atoms with Gasteiger partial charge in [-0.1, -0.05) is 18.6 Å². The van der Waals surface area contributed by atoms with E-state index in [0.29, 0.717) is 11.5 Å². The molecule has 2 aromatic heterocycles. The lowest BCUT2D eigenvalue weighted by atomic mass is 10.0. The van der Waals surface area contributed by atoms with Crippen molar-refractivity contribution in [3.05, 3.63) is 39.9 Å². The van der Waals surface area contributed by atoms with E-state index in [1.165, 1.54) is 0 Å². The van der Waals surface area contributed by atoms with Gasteiger partial charge in [-0.05, 0) is 45.0 Å². The van der Waals surface area contributed by atoms with Gasteiger partial charge in [0.25, 0.3) is 0 Å². The fourth-order valence-electron chi connectivity index (χ4n) is 3.93. The molecule has 1 fully saturated rings. The number of nitrogens with zero attached hydrogens (tertiary/aromatic N) is 4. The minimum absolute atomic E-state index is 0.0274. The molecule has 10 heteroatoms. The molecule has 29 heavy (non-hydrogen) atoms. The van der Waals surface area contributed by atoms with E-state index in [0.717, 1.165) is 43.4 Å². The van der Waals surface area contributed by atoms with Gasteiger partial charge in [-0.15, -0.1) is 0 Å². The monoisotopic (exact) mass is 396 g/mol. The van der Waals surface area contributed by atoms with Crippen LogP contribution in [0.5, 0.6) is 0 Å². The van der Waals surface area contributed by atoms with Crippen LogP contribution in [0.15, 0.2) is 24.3 Å². The molecule has 0 amide bonds. The third kappa shape index (κ3) is 3.54. The fourth-order valence-corrected chi connectivity index (χ4v) is 3.93. The van der Waals surface area contributed by atoms with Gasteiger partial charge in [0.15, 0.2) is 0 Å². The molecule has 6 N–H and O–H groups in total. The van der Waals surface area contributed by atoms with Crippen molar-refractivity contribution in [3.63, 3.8) is 0 Å². The number of anilines is 4. The standard InChI is InChI=1S/C19H24N8O2/c1-11(26-9-5-2-6-10-26)14-15(20)17(21)24-18(16(14)27(28)29)25-19-22-12-7-3-4-8-13(12)23-19/h3-4,7-8,11H,2,5-6,9-10,20H2,1H3,(H4,21,22,23,24,25). The van der Waals surface area contributed by atoms with Crippen LogP contribution in [0, 0.1) is 10.1 Å². The second-order valence-corrected chi connectivity index (χ2v) is 7.28. The number of nitrogens with one attached hydrogen (secondary N) is 2. The minimum Gasteiger partial charge on any atom is -0.395 e. The van der Waals surface area contributed by atoms with Gasteiger partial charge in [0, 0.05) is 6.04 Å². The molecule has 1 aliphatic heterocycles. The van der Waals surface area contributed by atoms with Gasteiger partial charge in [0.2, 0.25) is 11.8 Å². The number of imidazole rings is 1. The number of aromatic amines is 1. The van der Waals surface area contributed by atoms with E-state index in [-0.39, 0.29) is 29.1 Å². The van der Waals surface area contributed by atoms with Crippen molar-refractivity contribution in [1.82, 2.24) is 19.9 Å². The first kappa shape index (κ1) is 18.9. The lowest BCUT2D eigenvalue weighted by molar-refractivity contribution is -0.385. The highest BCUT2D eigenvalue weighted by Crippen LogP contribution is 2.42. The first-order chi connectivity index (χ1) is 14.0. The van der Waals surface area contributed by atoms with E-state index >= 15 is 0 Å². The number of fused-ring (bicyclic) bond motifs is 1. The fraction of sp³-hybridized carbons (Fsp3) is 0.368. The number of likely N-dealkylation sites (tertiary alicyclic amines) is 1. The summed E-state index contributed by atoms with van der Waals surface area (Å²) in [4.78, 5) is 25.5. The molecule has 4 rings (SSSR count). The maximum Gasteiger partial charge on any atom is 0.318 e. The zero-order valence-electron chi connectivity index (χ0n) is 16.2. The maximum absolute atomic E-state index is 12.0. The molecular weight excluding hydrogens is 372 g/mol. The van der Waals surface area contributed by atoms with Crippen molar-refractivity contribution >= 4 is 40.0 Å². The number of hydrogen-bond acceptors (Lipinski definition) is 8. The first-order valence-electron chi connectivity index (χ1n) is 9.64. The predicted molar refractivity (Wildman–Crippen MR) is 113 cm³/mol. The summed E-state index contributed by atoms with van der Waals surface area (Å²) in [5.41, 5.74) is 14.1. The van der Waals surface area contributed by atoms with E-state index in [1.807, 2.05) is 31.2 Å². The zero-order valence-corrected chi connectivity index (χ0v) is 16.2. The smallest absolute Gasteiger partial charge is 0.318 e. The molecule has 0 aliphatic carbocycles. The van der Waals surface area contributed by atoms with Crippen LogP contribution in [-0.4, -0.2) is 37.9 Å². The molecule has 0 radical (unpaired) electrons. The quantitative estimate of drug-likeness (QED) is 0.378. The molecule has 1 aliphatic rings. The minimum atomic E-state index is -0.455. The summed E-state index contributed by atoms with van der Waals surface area (Å²) in [5, 5.41) is 15.0. The van der Waals surface area contributed by atoms with Crippen LogP contribution < -0.4 is 16.8 Å². The number of pyridine rings is 1. The Hall–Kier alpha value is -3.40. The average Bonchev–Trinajstić information content (AvgIpc) is 3.12. The number of H-pyrrole nitrogens is 1. The number of hydrogen-bond donors (Lipinski definition) is 4. The highest BCUT2D eigenvalue weighted by Gasteiger charge is 2.33. The average molecular weight is 396 g/mol. The van der Waals surface area contributed by atoms with Gasteiger partial charge in [-0.3, -0.25) is 15.0 Å². The second-order valence-electron chi connectivity index (χ2n) is 7.28. The summed E-state index contributed by atoms with van der Waals surface area (Å²) < 4.78 is 0. The number of piperidine rings is 1. The third-order valence-corrected chi connectivity index (χ3v) is 5.44. The number of rotatable bonds is 5. The summed E-state index contributed by atoms with van der Waals surface area (Å²) in [7, 11) is 0. The number of nitro groups is 1. The molecule has 3 heterocycles. The van der Waals surface area contributed by atoms with E-state index in [9.17, 15) is 10.1 Å². The van der Waals surface area contributed by atoms with Crippen molar-refractivity contribution < 1.29 is 4.92 Å². The summed E-state index contributed by atoms with van der Waals surface area (Å²) in [6, 6.07) is 7.21. The second kappa shape index (κ2) is 7.55. The van der Waals surface area contributed by atoms with Gasteiger partial charge in [-0.2, -0.15) is 0 Å². The Bertz CT molecular complexity index is 1020. The van der Waals surface area contributed by atoms with Crippen LogP contribution in [0.4, 0.5) is 29.0 Å². The largest absolute Gasteiger partial charge is 0.395 e. The molecule has 1 atom stereocenters. The summed E-state index contributed by atoms with van der Waals surface area (Å²) in [6.45, 7) is 3.66. The van der Waals surface area contributed by atoms with Crippen molar-refractivity contribution in [2.75, 3.05) is 29.9 Å². The molecule has 0 bridgehead atoms. The Morgan fingerprint density at radius 1 is 1.21 bits per heavy atom. The SMILES string of the molecule is CC(c1c(N)c(N)nc(Nc2nc3ccccc3[nH]2)c1[N+](=O)[O-])N1CCCCC1. The molecule has 10 nitrogen and oxygen atoms in total. The van der Waals surface area contributed by atoms with Gasteiger partial charge >= 0.3 is 5.69 Å². The van der Waals surface area contributed by atoms with Crippen molar-refractivity contribution in [1.29, 1.82) is 0 Å². The molecule has 0 spiro atoms. The molecule has 152 valence electrons. The molecule has 3 aromatic rings. The predicted octanol–water partition coefficient (Wildman–Crippen LogP) is 3.32. The number of benzene rings is 1. The maximum atomic E-state index is 12.0. The van der Waals surface area contributed by atoms with Crippen LogP contribution in [0.2, 0.25) is 0 Å². The molecule has 0 saturated carbocycles. The van der Waals surface area contributed by atoms with Crippen molar-refractivity contribution in [2.45, 2.75) is 32.2 Å². The van der Waals surface area contributed by atoms with Gasteiger partial charge in [0.05, 0.1) is 27.2 Å². The lowest BCUT2D eigenvalue weighted by Crippen LogP contribution is -2.33. The number of aromatic nitrogens is 3. The van der Waals surface area contributed by atoms with E-state index in [1.54, 1.807) is 0 Å². The number of para-hydroxylation sites is 2.